The van der Waals surface area contributed by atoms with Crippen LogP contribution in [0, 0.1) is 12.8 Å². The Bertz CT molecular complexity index is 1170. The van der Waals surface area contributed by atoms with E-state index in [4.69, 9.17) is 4.74 Å². The number of rotatable bonds is 3. The van der Waals surface area contributed by atoms with E-state index in [-0.39, 0.29) is 23.3 Å². The number of aryl methyl sites for hydroxylation is 1. The first kappa shape index (κ1) is 18.7. The second-order valence-corrected chi connectivity index (χ2v) is 8.24. The number of ether oxygens (including phenoxy) is 1. The Morgan fingerprint density at radius 2 is 2.07 bits per heavy atom. The molecule has 0 radical (unpaired) electrons. The molecule has 1 amide bonds. The third-order valence-electron chi connectivity index (χ3n) is 6.23. The van der Waals surface area contributed by atoms with Gasteiger partial charge in [0.2, 0.25) is 0 Å². The van der Waals surface area contributed by atoms with Crippen LogP contribution in [-0.2, 0) is 6.54 Å². The fraction of sp³-hybridized carbons (Fsp3) is 0.348. The maximum absolute atomic E-state index is 13.3. The van der Waals surface area contributed by atoms with Gasteiger partial charge < -0.3 is 19.2 Å². The van der Waals surface area contributed by atoms with Crippen molar-refractivity contribution in [2.45, 2.75) is 25.8 Å². The van der Waals surface area contributed by atoms with E-state index in [1.54, 1.807) is 19.5 Å². The number of aromatic nitrogens is 3. The standard InChI is InChI=1S/C23H24N4O3/c1-14-3-4-17(20(9-14)30-2)22(28)26-11-15-10-16(13-26)19-6-5-18(21-24-7-8-25-21)23(29)27(19)12-15/h3-9,15-16H,10-13H2,1-2H3,(H,24,25)/t15-,16+/m0/s1. The Morgan fingerprint density at radius 3 is 2.83 bits per heavy atom. The van der Waals surface area contributed by atoms with Gasteiger partial charge in [0, 0.05) is 43.6 Å². The maximum Gasteiger partial charge on any atom is 0.261 e. The topological polar surface area (TPSA) is 80.2 Å². The summed E-state index contributed by atoms with van der Waals surface area (Å²) in [4.78, 5) is 35.5. The van der Waals surface area contributed by atoms with Crippen molar-refractivity contribution in [1.29, 1.82) is 0 Å². The molecule has 1 aromatic carbocycles. The van der Waals surface area contributed by atoms with Crippen molar-refractivity contribution in [3.8, 4) is 17.1 Å². The van der Waals surface area contributed by atoms with E-state index in [0.717, 1.165) is 17.7 Å². The third-order valence-corrected chi connectivity index (χ3v) is 6.23. The lowest BCUT2D eigenvalue weighted by atomic mass is 9.82. The minimum absolute atomic E-state index is 0.00967. The van der Waals surface area contributed by atoms with E-state index in [2.05, 4.69) is 9.97 Å². The number of methoxy groups -OCH3 is 1. The van der Waals surface area contributed by atoms with Crippen LogP contribution in [0.15, 0.2) is 47.5 Å². The first-order chi connectivity index (χ1) is 14.5. The van der Waals surface area contributed by atoms with Crippen LogP contribution in [-0.4, -0.2) is 45.5 Å². The van der Waals surface area contributed by atoms with Gasteiger partial charge in [-0.25, -0.2) is 4.98 Å². The first-order valence-corrected chi connectivity index (χ1v) is 10.2. The van der Waals surface area contributed by atoms with Crippen LogP contribution in [0.5, 0.6) is 5.75 Å². The molecule has 2 aromatic heterocycles. The van der Waals surface area contributed by atoms with E-state index in [0.29, 0.717) is 42.3 Å². The molecule has 1 saturated heterocycles. The van der Waals surface area contributed by atoms with Crippen LogP contribution in [0.4, 0.5) is 0 Å². The van der Waals surface area contributed by atoms with Crippen LogP contribution < -0.4 is 10.3 Å². The second-order valence-electron chi connectivity index (χ2n) is 8.24. The molecular weight excluding hydrogens is 380 g/mol. The quantitative estimate of drug-likeness (QED) is 0.728. The number of amides is 1. The zero-order chi connectivity index (χ0) is 20.8. The maximum atomic E-state index is 13.3. The van der Waals surface area contributed by atoms with Crippen LogP contribution in [0.2, 0.25) is 0 Å². The number of nitrogens with zero attached hydrogens (tertiary/aromatic N) is 3. The average Bonchev–Trinajstić information content (AvgIpc) is 3.28. The molecule has 0 aliphatic carbocycles. The molecule has 0 unspecified atom stereocenters. The Kier molecular flexibility index (Phi) is 4.46. The van der Waals surface area contributed by atoms with Crippen molar-refractivity contribution < 1.29 is 9.53 Å². The number of hydrogen-bond acceptors (Lipinski definition) is 4. The molecule has 5 rings (SSSR count). The number of carbonyl (C=O) groups excluding carboxylic acids is 1. The number of likely N-dealkylation sites (tertiary alicyclic amines) is 1. The zero-order valence-corrected chi connectivity index (χ0v) is 17.1. The van der Waals surface area contributed by atoms with E-state index in [1.165, 1.54) is 0 Å². The van der Waals surface area contributed by atoms with E-state index in [1.807, 2.05) is 46.7 Å². The third kappa shape index (κ3) is 3.01. The molecule has 1 N–H and O–H groups in total. The Morgan fingerprint density at radius 1 is 1.20 bits per heavy atom. The van der Waals surface area contributed by atoms with Crippen LogP contribution in [0.25, 0.3) is 11.4 Å². The molecule has 3 aromatic rings. The molecule has 2 bridgehead atoms. The Hall–Kier alpha value is -3.35. The van der Waals surface area contributed by atoms with Gasteiger partial charge in [0.25, 0.3) is 11.5 Å². The normalized spacial score (nSPS) is 20.0. The van der Waals surface area contributed by atoms with Gasteiger partial charge in [0.1, 0.15) is 11.6 Å². The molecule has 2 atom stereocenters. The molecule has 2 aliphatic rings. The summed E-state index contributed by atoms with van der Waals surface area (Å²) < 4.78 is 7.33. The summed E-state index contributed by atoms with van der Waals surface area (Å²) in [6.45, 7) is 3.84. The predicted octanol–water partition coefficient (Wildman–Crippen LogP) is 2.81. The fourth-order valence-corrected chi connectivity index (χ4v) is 4.85. The highest BCUT2D eigenvalue weighted by molar-refractivity contribution is 5.97. The molecule has 30 heavy (non-hydrogen) atoms. The van der Waals surface area contributed by atoms with E-state index < -0.39 is 0 Å². The van der Waals surface area contributed by atoms with Gasteiger partial charge in [-0.15, -0.1) is 0 Å². The van der Waals surface area contributed by atoms with Gasteiger partial charge >= 0.3 is 0 Å². The van der Waals surface area contributed by atoms with Crippen molar-refractivity contribution in [2.24, 2.45) is 5.92 Å². The molecule has 1 fully saturated rings. The van der Waals surface area contributed by atoms with E-state index in [9.17, 15) is 9.59 Å². The molecule has 154 valence electrons. The number of benzene rings is 1. The van der Waals surface area contributed by atoms with Crippen molar-refractivity contribution in [1.82, 2.24) is 19.4 Å². The van der Waals surface area contributed by atoms with Crippen molar-refractivity contribution in [3.63, 3.8) is 0 Å². The summed E-state index contributed by atoms with van der Waals surface area (Å²) >= 11 is 0. The van der Waals surface area contributed by atoms with Gasteiger partial charge in [-0.2, -0.15) is 0 Å². The van der Waals surface area contributed by atoms with Crippen molar-refractivity contribution >= 4 is 5.91 Å². The summed E-state index contributed by atoms with van der Waals surface area (Å²) in [5, 5.41) is 0. The van der Waals surface area contributed by atoms with E-state index >= 15 is 0 Å². The number of pyridine rings is 1. The second kappa shape index (κ2) is 7.16. The van der Waals surface area contributed by atoms with Crippen LogP contribution >= 0.6 is 0 Å². The fourth-order valence-electron chi connectivity index (χ4n) is 4.85. The highest BCUT2D eigenvalue weighted by Gasteiger charge is 2.37. The first-order valence-electron chi connectivity index (χ1n) is 10.2. The molecular formula is C23H24N4O3. The number of piperidine rings is 1. The predicted molar refractivity (Wildman–Crippen MR) is 113 cm³/mol. The summed E-state index contributed by atoms with van der Waals surface area (Å²) in [5.41, 5.74) is 3.21. The number of H-pyrrole nitrogens is 1. The smallest absolute Gasteiger partial charge is 0.261 e. The van der Waals surface area contributed by atoms with Crippen LogP contribution in [0.3, 0.4) is 0 Å². The highest BCUT2D eigenvalue weighted by Crippen LogP contribution is 2.36. The lowest BCUT2D eigenvalue weighted by Crippen LogP contribution is -2.49. The van der Waals surface area contributed by atoms with Crippen LogP contribution in [0.1, 0.15) is 34.0 Å². The number of nitrogens with one attached hydrogen (secondary N) is 1. The minimum Gasteiger partial charge on any atom is -0.496 e. The zero-order valence-electron chi connectivity index (χ0n) is 17.1. The van der Waals surface area contributed by atoms with Crippen molar-refractivity contribution in [3.05, 3.63) is 69.9 Å². The van der Waals surface area contributed by atoms with Gasteiger partial charge in [0.05, 0.1) is 18.2 Å². The Balaban J connectivity index is 1.46. The average molecular weight is 404 g/mol. The number of fused-ring (bicyclic) bond motifs is 4. The molecule has 7 heteroatoms. The number of carbonyl (C=O) groups is 1. The summed E-state index contributed by atoms with van der Waals surface area (Å²) in [6.07, 6.45) is 4.36. The molecule has 7 nitrogen and oxygen atoms in total. The monoisotopic (exact) mass is 404 g/mol. The minimum atomic E-state index is -0.0165. The molecule has 0 spiro atoms. The lowest BCUT2D eigenvalue weighted by molar-refractivity contribution is 0.0591. The largest absolute Gasteiger partial charge is 0.496 e. The Labute approximate surface area is 174 Å². The lowest BCUT2D eigenvalue weighted by Gasteiger charge is -2.43. The summed E-state index contributed by atoms with van der Waals surface area (Å²) in [6, 6.07) is 9.53. The van der Waals surface area contributed by atoms with Gasteiger partial charge in [-0.05, 0) is 49.1 Å². The SMILES string of the molecule is COc1cc(C)ccc1C(=O)N1C[C@@H]2C[C@H](C1)c1ccc(-c3ncc[nH]3)c(=O)n1C2. The van der Waals surface area contributed by atoms with Gasteiger partial charge in [-0.1, -0.05) is 6.07 Å². The van der Waals surface area contributed by atoms with Crippen molar-refractivity contribution in [2.75, 3.05) is 20.2 Å². The molecule has 4 heterocycles. The van der Waals surface area contributed by atoms with Gasteiger partial charge in [0.15, 0.2) is 0 Å². The van der Waals surface area contributed by atoms with Gasteiger partial charge in [-0.3, -0.25) is 9.59 Å². The number of imidazole rings is 1. The summed E-state index contributed by atoms with van der Waals surface area (Å²) in [5.74, 6) is 1.59. The highest BCUT2D eigenvalue weighted by atomic mass is 16.5. The number of hydrogen-bond donors (Lipinski definition) is 1. The molecule has 0 saturated carbocycles. The molecule has 2 aliphatic heterocycles. The summed E-state index contributed by atoms with van der Waals surface area (Å²) in [7, 11) is 1.59. The number of aromatic amines is 1.